The van der Waals surface area contributed by atoms with E-state index in [-0.39, 0.29) is 5.82 Å². The Kier molecular flexibility index (Phi) is 6.34. The molecule has 0 spiro atoms. The number of benzene rings is 1. The number of hydrogen-bond acceptors (Lipinski definition) is 5. The average Bonchev–Trinajstić information content (AvgIpc) is 3.24. The zero-order chi connectivity index (χ0) is 22.8. The Morgan fingerprint density at radius 3 is 2.47 bits per heavy atom. The van der Waals surface area contributed by atoms with Gasteiger partial charge in [0.2, 0.25) is 0 Å². The molecule has 0 aliphatic heterocycles. The number of rotatable bonds is 7. The molecule has 166 valence electrons. The maximum absolute atomic E-state index is 13.4. The second-order valence-corrected chi connectivity index (χ2v) is 7.96. The van der Waals surface area contributed by atoms with Crippen LogP contribution < -0.4 is 0 Å². The Hall–Kier alpha value is -3.10. The molecule has 9 heteroatoms. The molecule has 0 atom stereocenters. The normalized spacial score (nSPS) is 11.3. The van der Waals surface area contributed by atoms with Crippen molar-refractivity contribution >= 4 is 11.6 Å². The summed E-state index contributed by atoms with van der Waals surface area (Å²) in [5, 5.41) is 9.90. The van der Waals surface area contributed by atoms with Crippen molar-refractivity contribution < 1.29 is 9.13 Å². The van der Waals surface area contributed by atoms with Crippen LogP contribution in [-0.4, -0.2) is 43.2 Å². The van der Waals surface area contributed by atoms with E-state index >= 15 is 0 Å². The monoisotopic (exact) mass is 454 g/mol. The van der Waals surface area contributed by atoms with Gasteiger partial charge in [-0.05, 0) is 50.6 Å². The van der Waals surface area contributed by atoms with Gasteiger partial charge in [-0.2, -0.15) is 10.2 Å². The van der Waals surface area contributed by atoms with Gasteiger partial charge in [0.15, 0.2) is 5.82 Å². The third-order valence-corrected chi connectivity index (χ3v) is 5.97. The summed E-state index contributed by atoms with van der Waals surface area (Å²) in [7, 11) is 1.66. The highest BCUT2D eigenvalue weighted by Crippen LogP contribution is 2.27. The molecule has 1 aromatic carbocycles. The van der Waals surface area contributed by atoms with E-state index in [2.05, 4.69) is 15.1 Å². The summed E-state index contributed by atoms with van der Waals surface area (Å²) in [5.74, 6) is 0.380. The Morgan fingerprint density at radius 2 is 1.81 bits per heavy atom. The van der Waals surface area contributed by atoms with Gasteiger partial charge in [0.05, 0.1) is 40.9 Å². The summed E-state index contributed by atoms with van der Waals surface area (Å²) in [6.45, 7) is 6.91. The lowest BCUT2D eigenvalue weighted by atomic mass is 10.0. The van der Waals surface area contributed by atoms with Crippen LogP contribution in [0.1, 0.15) is 28.3 Å². The summed E-state index contributed by atoms with van der Waals surface area (Å²) >= 11 is 6.30. The maximum Gasteiger partial charge on any atom is 0.157 e. The van der Waals surface area contributed by atoms with Gasteiger partial charge in [0.25, 0.3) is 0 Å². The molecule has 0 radical (unpaired) electrons. The van der Waals surface area contributed by atoms with Crippen molar-refractivity contribution in [3.63, 3.8) is 0 Å². The quantitative estimate of drug-likeness (QED) is 0.411. The molecule has 0 aliphatic rings. The van der Waals surface area contributed by atoms with Crippen LogP contribution in [0.3, 0.4) is 0 Å². The Labute approximate surface area is 190 Å². The Bertz CT molecular complexity index is 1250. The molecule has 0 aliphatic carbocycles. The number of nitrogens with zero attached hydrogens (tertiary/aromatic N) is 6. The number of ether oxygens (including phenoxy) is 1. The summed E-state index contributed by atoms with van der Waals surface area (Å²) in [6.07, 6.45) is 2.08. The topological polar surface area (TPSA) is 70.7 Å². The number of halogens is 2. The molecule has 32 heavy (non-hydrogen) atoms. The van der Waals surface area contributed by atoms with Crippen molar-refractivity contribution in [2.75, 3.05) is 13.7 Å². The number of methoxy groups -OCH3 is 1. The average molecular weight is 455 g/mol. The van der Waals surface area contributed by atoms with Crippen LogP contribution in [0.5, 0.6) is 0 Å². The van der Waals surface area contributed by atoms with Crippen LogP contribution in [0, 0.1) is 26.6 Å². The lowest BCUT2D eigenvalue weighted by Gasteiger charge is -2.09. The second-order valence-electron chi connectivity index (χ2n) is 7.58. The van der Waals surface area contributed by atoms with E-state index in [0.29, 0.717) is 30.4 Å². The molecule has 4 rings (SSSR count). The van der Waals surface area contributed by atoms with Crippen molar-refractivity contribution in [3.05, 3.63) is 75.8 Å². The smallest absolute Gasteiger partial charge is 0.157 e. The second kappa shape index (κ2) is 9.18. The predicted molar refractivity (Wildman–Crippen MR) is 121 cm³/mol. The molecule has 7 nitrogen and oxygen atoms in total. The van der Waals surface area contributed by atoms with Gasteiger partial charge in [-0.3, -0.25) is 4.68 Å². The molecule has 0 N–H and O–H groups in total. The van der Waals surface area contributed by atoms with E-state index in [9.17, 15) is 4.39 Å². The van der Waals surface area contributed by atoms with Crippen molar-refractivity contribution in [1.29, 1.82) is 0 Å². The predicted octanol–water partition coefficient (Wildman–Crippen LogP) is 4.48. The molecule has 4 aromatic rings. The molecular formula is C23H24ClFN6O. The van der Waals surface area contributed by atoms with Crippen LogP contribution in [0.4, 0.5) is 4.39 Å². The van der Waals surface area contributed by atoms with Crippen molar-refractivity contribution in [2.24, 2.45) is 0 Å². The molecule has 0 fully saturated rings. The highest BCUT2D eigenvalue weighted by molar-refractivity contribution is 6.31. The van der Waals surface area contributed by atoms with Gasteiger partial charge in [0, 0.05) is 30.9 Å². The van der Waals surface area contributed by atoms with Gasteiger partial charge < -0.3 is 4.74 Å². The Morgan fingerprint density at radius 1 is 1.06 bits per heavy atom. The molecular weight excluding hydrogens is 431 g/mol. The van der Waals surface area contributed by atoms with Crippen molar-refractivity contribution in [3.8, 4) is 17.1 Å². The highest BCUT2D eigenvalue weighted by Gasteiger charge is 2.18. The summed E-state index contributed by atoms with van der Waals surface area (Å²) < 4.78 is 22.3. The molecule has 3 heterocycles. The molecule has 0 saturated carbocycles. The first kappa shape index (κ1) is 22.1. The van der Waals surface area contributed by atoms with E-state index in [0.717, 1.165) is 39.6 Å². The fourth-order valence-corrected chi connectivity index (χ4v) is 3.79. The third-order valence-electron chi connectivity index (χ3n) is 5.42. The lowest BCUT2D eigenvalue weighted by Crippen LogP contribution is -2.11. The van der Waals surface area contributed by atoms with Crippen LogP contribution in [0.15, 0.2) is 36.7 Å². The molecule has 3 aromatic heterocycles. The molecule has 0 unspecified atom stereocenters. The van der Waals surface area contributed by atoms with Crippen LogP contribution >= 0.6 is 11.6 Å². The number of aryl methyl sites for hydroxylation is 1. The molecule has 0 bridgehead atoms. The van der Waals surface area contributed by atoms with E-state index in [1.807, 2.05) is 31.5 Å². The summed E-state index contributed by atoms with van der Waals surface area (Å²) in [5.41, 5.74) is 6.11. The minimum Gasteiger partial charge on any atom is -0.383 e. The third kappa shape index (κ3) is 4.28. The Balaban J connectivity index is 1.72. The first-order valence-corrected chi connectivity index (χ1v) is 10.6. The maximum atomic E-state index is 13.4. The number of hydrogen-bond donors (Lipinski definition) is 0. The van der Waals surface area contributed by atoms with Gasteiger partial charge in [-0.15, -0.1) is 0 Å². The highest BCUT2D eigenvalue weighted by atomic mass is 35.5. The SMILES string of the molecule is COCCn1nc(-c2ccc(F)cc2)c(C)c1Cc1cc(-n2nc(C)c(Cl)c2C)ncn1. The summed E-state index contributed by atoms with van der Waals surface area (Å²) in [6, 6.07) is 8.27. The van der Waals surface area contributed by atoms with E-state index in [1.165, 1.54) is 18.5 Å². The lowest BCUT2D eigenvalue weighted by molar-refractivity contribution is 0.182. The van der Waals surface area contributed by atoms with Crippen LogP contribution in [-0.2, 0) is 17.7 Å². The molecule has 0 amide bonds. The minimum atomic E-state index is -0.275. The first-order chi connectivity index (χ1) is 15.4. The van der Waals surface area contributed by atoms with Gasteiger partial charge >= 0.3 is 0 Å². The van der Waals surface area contributed by atoms with E-state index in [4.69, 9.17) is 21.4 Å². The van der Waals surface area contributed by atoms with Crippen molar-refractivity contribution in [1.82, 2.24) is 29.5 Å². The van der Waals surface area contributed by atoms with Gasteiger partial charge in [-0.25, -0.2) is 19.0 Å². The number of aromatic nitrogens is 6. The summed E-state index contributed by atoms with van der Waals surface area (Å²) in [4.78, 5) is 8.84. The zero-order valence-corrected chi connectivity index (χ0v) is 19.2. The fraction of sp³-hybridized carbons (Fsp3) is 0.304. The fourth-order valence-electron chi connectivity index (χ4n) is 3.67. The molecule has 0 saturated heterocycles. The zero-order valence-electron chi connectivity index (χ0n) is 18.4. The van der Waals surface area contributed by atoms with Gasteiger partial charge in [0.1, 0.15) is 12.1 Å². The van der Waals surface area contributed by atoms with Crippen LogP contribution in [0.25, 0.3) is 17.1 Å². The van der Waals surface area contributed by atoms with Gasteiger partial charge in [-0.1, -0.05) is 11.6 Å². The van der Waals surface area contributed by atoms with E-state index < -0.39 is 0 Å². The first-order valence-electron chi connectivity index (χ1n) is 10.2. The van der Waals surface area contributed by atoms with E-state index in [1.54, 1.807) is 23.9 Å². The standard InChI is InChI=1S/C23H24ClFN6O/c1-14-20(30(9-10-32-4)29-23(14)17-5-7-18(25)8-6-17)11-19-12-21(27-13-26-19)31-16(3)22(24)15(2)28-31/h5-8,12-13H,9-11H2,1-4H3. The van der Waals surface area contributed by atoms with Crippen molar-refractivity contribution in [2.45, 2.75) is 33.7 Å². The minimum absolute atomic E-state index is 0.275. The largest absolute Gasteiger partial charge is 0.383 e. The van der Waals surface area contributed by atoms with Crippen LogP contribution in [0.2, 0.25) is 5.02 Å².